The standard InChI is InChI=1S/C16H19BrN2O/c1-11-6-7-19-10-14(11)15(18-2)9-12-8-13(17)4-5-16(12)20-3/h4-8,10,15,18H,9H2,1-3H3. The van der Waals surface area contributed by atoms with Gasteiger partial charge in [0.25, 0.3) is 0 Å². The Hall–Kier alpha value is -1.39. The number of hydrogen-bond acceptors (Lipinski definition) is 3. The van der Waals surface area contributed by atoms with Gasteiger partial charge in [-0.05, 0) is 61.3 Å². The summed E-state index contributed by atoms with van der Waals surface area (Å²) in [4.78, 5) is 4.24. The van der Waals surface area contributed by atoms with E-state index >= 15 is 0 Å². The second kappa shape index (κ2) is 6.86. The number of methoxy groups -OCH3 is 1. The summed E-state index contributed by atoms with van der Waals surface area (Å²) in [6, 6.07) is 8.34. The number of likely N-dealkylation sites (N-methyl/N-ethyl adjacent to an activating group) is 1. The molecule has 0 bridgehead atoms. The van der Waals surface area contributed by atoms with Gasteiger partial charge in [-0.3, -0.25) is 4.98 Å². The summed E-state index contributed by atoms with van der Waals surface area (Å²) >= 11 is 3.52. The molecule has 4 heteroatoms. The molecule has 0 saturated heterocycles. The van der Waals surface area contributed by atoms with Crippen LogP contribution in [-0.4, -0.2) is 19.1 Å². The van der Waals surface area contributed by atoms with Crippen LogP contribution in [0.4, 0.5) is 0 Å². The number of ether oxygens (including phenoxy) is 1. The number of aryl methyl sites for hydroxylation is 1. The minimum absolute atomic E-state index is 0.215. The van der Waals surface area contributed by atoms with Gasteiger partial charge < -0.3 is 10.1 Å². The molecule has 0 amide bonds. The van der Waals surface area contributed by atoms with Gasteiger partial charge in [-0.1, -0.05) is 15.9 Å². The highest BCUT2D eigenvalue weighted by molar-refractivity contribution is 9.10. The smallest absolute Gasteiger partial charge is 0.122 e. The van der Waals surface area contributed by atoms with E-state index in [4.69, 9.17) is 4.74 Å². The maximum Gasteiger partial charge on any atom is 0.122 e. The van der Waals surface area contributed by atoms with Crippen molar-refractivity contribution in [3.63, 3.8) is 0 Å². The zero-order chi connectivity index (χ0) is 14.5. The number of rotatable bonds is 5. The van der Waals surface area contributed by atoms with Crippen LogP contribution in [0.15, 0.2) is 41.1 Å². The monoisotopic (exact) mass is 334 g/mol. The number of pyridine rings is 1. The molecule has 1 N–H and O–H groups in total. The molecule has 1 unspecified atom stereocenters. The van der Waals surface area contributed by atoms with E-state index in [1.54, 1.807) is 7.11 Å². The summed E-state index contributed by atoms with van der Waals surface area (Å²) in [6.07, 6.45) is 4.61. The van der Waals surface area contributed by atoms with Crippen LogP contribution < -0.4 is 10.1 Å². The van der Waals surface area contributed by atoms with E-state index in [-0.39, 0.29) is 6.04 Å². The molecule has 2 rings (SSSR count). The number of nitrogens with zero attached hydrogens (tertiary/aromatic N) is 1. The molecular formula is C16H19BrN2O. The van der Waals surface area contributed by atoms with Gasteiger partial charge >= 0.3 is 0 Å². The zero-order valence-electron chi connectivity index (χ0n) is 12.0. The number of halogens is 1. The Morgan fingerprint density at radius 3 is 2.80 bits per heavy atom. The van der Waals surface area contributed by atoms with E-state index in [0.717, 1.165) is 16.6 Å². The Morgan fingerprint density at radius 1 is 1.35 bits per heavy atom. The van der Waals surface area contributed by atoms with Crippen molar-refractivity contribution in [3.8, 4) is 5.75 Å². The number of benzene rings is 1. The second-order valence-electron chi connectivity index (χ2n) is 4.73. The van der Waals surface area contributed by atoms with Gasteiger partial charge in [0.1, 0.15) is 5.75 Å². The van der Waals surface area contributed by atoms with Gasteiger partial charge in [-0.15, -0.1) is 0 Å². The summed E-state index contributed by atoms with van der Waals surface area (Å²) in [5.74, 6) is 0.912. The molecular weight excluding hydrogens is 316 g/mol. The van der Waals surface area contributed by atoms with Gasteiger partial charge in [-0.2, -0.15) is 0 Å². The predicted octanol–water partition coefficient (Wildman–Crippen LogP) is 3.66. The number of nitrogens with one attached hydrogen (secondary N) is 1. The van der Waals surface area contributed by atoms with Crippen LogP contribution >= 0.6 is 15.9 Å². The number of aromatic nitrogens is 1. The van der Waals surface area contributed by atoms with Crippen molar-refractivity contribution >= 4 is 15.9 Å². The zero-order valence-corrected chi connectivity index (χ0v) is 13.6. The maximum absolute atomic E-state index is 5.45. The third-order valence-corrected chi connectivity index (χ3v) is 3.96. The fourth-order valence-corrected chi connectivity index (χ4v) is 2.74. The normalized spacial score (nSPS) is 12.2. The molecule has 0 radical (unpaired) electrons. The molecule has 0 aliphatic rings. The van der Waals surface area contributed by atoms with Crippen LogP contribution in [-0.2, 0) is 6.42 Å². The lowest BCUT2D eigenvalue weighted by molar-refractivity contribution is 0.406. The summed E-state index contributed by atoms with van der Waals surface area (Å²) in [5, 5.41) is 3.37. The van der Waals surface area contributed by atoms with E-state index in [1.807, 2.05) is 37.6 Å². The predicted molar refractivity (Wildman–Crippen MR) is 85.2 cm³/mol. The Kier molecular flexibility index (Phi) is 5.15. The van der Waals surface area contributed by atoms with E-state index in [9.17, 15) is 0 Å². The molecule has 3 nitrogen and oxygen atoms in total. The third kappa shape index (κ3) is 3.38. The summed E-state index contributed by atoms with van der Waals surface area (Å²) in [6.45, 7) is 2.11. The third-order valence-electron chi connectivity index (χ3n) is 3.47. The molecule has 0 fully saturated rings. The van der Waals surface area contributed by atoms with Gasteiger partial charge in [0.05, 0.1) is 7.11 Å². The van der Waals surface area contributed by atoms with Gasteiger partial charge in [0, 0.05) is 22.9 Å². The number of hydrogen-bond donors (Lipinski definition) is 1. The van der Waals surface area contributed by atoms with Crippen LogP contribution in [0.1, 0.15) is 22.7 Å². The van der Waals surface area contributed by atoms with Crippen LogP contribution in [0.3, 0.4) is 0 Å². The molecule has 1 heterocycles. The fraction of sp³-hybridized carbons (Fsp3) is 0.312. The van der Waals surface area contributed by atoms with Crippen molar-refractivity contribution in [1.82, 2.24) is 10.3 Å². The topological polar surface area (TPSA) is 34.1 Å². The summed E-state index contributed by atoms with van der Waals surface area (Å²) < 4.78 is 6.51. The Balaban J connectivity index is 2.31. The summed E-state index contributed by atoms with van der Waals surface area (Å²) in [7, 11) is 3.68. The minimum atomic E-state index is 0.215. The second-order valence-corrected chi connectivity index (χ2v) is 5.65. The Morgan fingerprint density at radius 2 is 2.15 bits per heavy atom. The van der Waals surface area contributed by atoms with Crippen molar-refractivity contribution in [2.45, 2.75) is 19.4 Å². The first kappa shape index (κ1) is 15.0. The highest BCUT2D eigenvalue weighted by Gasteiger charge is 2.15. The molecule has 0 saturated carbocycles. The molecule has 0 aliphatic carbocycles. The lowest BCUT2D eigenvalue weighted by Gasteiger charge is -2.20. The first-order chi connectivity index (χ1) is 9.65. The first-order valence-electron chi connectivity index (χ1n) is 6.56. The van der Waals surface area contributed by atoms with E-state index in [1.165, 1.54) is 16.7 Å². The van der Waals surface area contributed by atoms with Crippen LogP contribution in [0, 0.1) is 6.92 Å². The van der Waals surface area contributed by atoms with E-state index in [0.29, 0.717) is 0 Å². The van der Waals surface area contributed by atoms with Gasteiger partial charge in [0.2, 0.25) is 0 Å². The van der Waals surface area contributed by atoms with Crippen molar-refractivity contribution in [3.05, 3.63) is 57.8 Å². The maximum atomic E-state index is 5.45. The fourth-order valence-electron chi connectivity index (χ4n) is 2.34. The highest BCUT2D eigenvalue weighted by atomic mass is 79.9. The molecule has 1 aromatic carbocycles. The minimum Gasteiger partial charge on any atom is -0.496 e. The molecule has 1 atom stereocenters. The molecule has 0 spiro atoms. The van der Waals surface area contributed by atoms with Gasteiger partial charge in [-0.25, -0.2) is 0 Å². The highest BCUT2D eigenvalue weighted by Crippen LogP contribution is 2.28. The largest absolute Gasteiger partial charge is 0.496 e. The van der Waals surface area contributed by atoms with Crippen LogP contribution in [0.25, 0.3) is 0 Å². The van der Waals surface area contributed by atoms with Crippen LogP contribution in [0.5, 0.6) is 5.75 Å². The first-order valence-corrected chi connectivity index (χ1v) is 7.35. The van der Waals surface area contributed by atoms with Crippen molar-refractivity contribution in [1.29, 1.82) is 0 Å². The Labute approximate surface area is 128 Å². The molecule has 2 aromatic rings. The quantitative estimate of drug-likeness (QED) is 0.905. The van der Waals surface area contributed by atoms with Gasteiger partial charge in [0.15, 0.2) is 0 Å². The van der Waals surface area contributed by atoms with Crippen LogP contribution in [0.2, 0.25) is 0 Å². The average molecular weight is 335 g/mol. The molecule has 20 heavy (non-hydrogen) atoms. The average Bonchev–Trinajstić information content (AvgIpc) is 2.46. The molecule has 0 aliphatic heterocycles. The summed E-state index contributed by atoms with van der Waals surface area (Å²) in [5.41, 5.74) is 3.63. The van der Waals surface area contributed by atoms with E-state index in [2.05, 4.69) is 39.2 Å². The lowest BCUT2D eigenvalue weighted by atomic mass is 9.96. The molecule has 1 aromatic heterocycles. The Bertz CT molecular complexity index is 586. The van der Waals surface area contributed by atoms with Crippen molar-refractivity contribution in [2.75, 3.05) is 14.2 Å². The molecule has 106 valence electrons. The van der Waals surface area contributed by atoms with E-state index < -0.39 is 0 Å². The lowest BCUT2D eigenvalue weighted by Crippen LogP contribution is -2.20. The SMILES string of the molecule is CNC(Cc1cc(Br)ccc1OC)c1cnccc1C. The van der Waals surface area contributed by atoms with Crippen molar-refractivity contribution in [2.24, 2.45) is 0 Å². The van der Waals surface area contributed by atoms with Crippen molar-refractivity contribution < 1.29 is 4.74 Å².